The van der Waals surface area contributed by atoms with Crippen molar-refractivity contribution < 1.29 is 19.4 Å². The number of carboxylic acid groups (broad SMARTS) is 1. The van der Waals surface area contributed by atoms with E-state index in [0.717, 1.165) is 11.3 Å². The van der Waals surface area contributed by atoms with Crippen LogP contribution in [0.3, 0.4) is 0 Å². The highest BCUT2D eigenvalue weighted by molar-refractivity contribution is 5.68. The smallest absolute Gasteiger partial charge is 0.305 e. The van der Waals surface area contributed by atoms with E-state index in [1.807, 2.05) is 37.2 Å². The van der Waals surface area contributed by atoms with E-state index in [1.54, 1.807) is 0 Å². The summed E-state index contributed by atoms with van der Waals surface area (Å²) >= 11 is 0. The van der Waals surface area contributed by atoms with E-state index in [4.69, 9.17) is 14.6 Å². The Balaban J connectivity index is 2.27. The quantitative estimate of drug-likeness (QED) is 0.879. The summed E-state index contributed by atoms with van der Waals surface area (Å²) in [6.45, 7) is 1.08. The van der Waals surface area contributed by atoms with Crippen molar-refractivity contribution in [3.63, 3.8) is 0 Å². The largest absolute Gasteiger partial charge is 0.486 e. The number of aliphatic carboxylic acids is 1. The van der Waals surface area contributed by atoms with Gasteiger partial charge in [-0.15, -0.1) is 0 Å². The Labute approximate surface area is 106 Å². The van der Waals surface area contributed by atoms with Crippen molar-refractivity contribution in [3.05, 3.63) is 23.8 Å². The lowest BCUT2D eigenvalue weighted by atomic mass is 10.0. The summed E-state index contributed by atoms with van der Waals surface area (Å²) in [5, 5.41) is 8.95. The summed E-state index contributed by atoms with van der Waals surface area (Å²) in [6.07, 6.45) is 0.0621. The van der Waals surface area contributed by atoms with Crippen LogP contribution >= 0.6 is 0 Å². The third-order valence-corrected chi connectivity index (χ3v) is 2.94. The summed E-state index contributed by atoms with van der Waals surface area (Å²) in [7, 11) is 3.73. The molecule has 98 valence electrons. The number of ether oxygens (including phenoxy) is 2. The zero-order valence-electron chi connectivity index (χ0n) is 10.5. The number of benzene rings is 1. The van der Waals surface area contributed by atoms with Gasteiger partial charge in [-0.25, -0.2) is 0 Å². The van der Waals surface area contributed by atoms with Gasteiger partial charge in [0.2, 0.25) is 0 Å². The van der Waals surface area contributed by atoms with Crippen molar-refractivity contribution in [3.8, 4) is 11.5 Å². The van der Waals surface area contributed by atoms with Crippen molar-refractivity contribution in [1.29, 1.82) is 0 Å². The molecular weight excluding hydrogens is 234 g/mol. The maximum Gasteiger partial charge on any atom is 0.305 e. The summed E-state index contributed by atoms with van der Waals surface area (Å²) < 4.78 is 11.0. The number of hydrogen-bond donors (Lipinski definition) is 1. The van der Waals surface area contributed by atoms with Crippen LogP contribution in [0.5, 0.6) is 11.5 Å². The van der Waals surface area contributed by atoms with Crippen LogP contribution in [0.15, 0.2) is 18.2 Å². The third-order valence-electron chi connectivity index (χ3n) is 2.94. The van der Waals surface area contributed by atoms with Gasteiger partial charge in [-0.2, -0.15) is 0 Å². The highest BCUT2D eigenvalue weighted by Gasteiger charge is 2.20. The van der Waals surface area contributed by atoms with Gasteiger partial charge in [-0.3, -0.25) is 4.79 Å². The number of nitrogens with zero attached hydrogens (tertiary/aromatic N) is 1. The van der Waals surface area contributed by atoms with Gasteiger partial charge in [0.05, 0.1) is 6.42 Å². The molecule has 1 atom stereocenters. The van der Waals surface area contributed by atoms with E-state index in [2.05, 4.69) is 0 Å². The minimum atomic E-state index is -0.816. The van der Waals surface area contributed by atoms with Gasteiger partial charge in [-0.05, 0) is 31.8 Å². The first kappa shape index (κ1) is 12.7. The summed E-state index contributed by atoms with van der Waals surface area (Å²) in [5.74, 6) is 0.595. The normalized spacial score (nSPS) is 15.5. The first-order chi connectivity index (χ1) is 8.58. The molecular formula is C13H17NO4. The van der Waals surface area contributed by atoms with E-state index < -0.39 is 5.97 Å². The van der Waals surface area contributed by atoms with Crippen LogP contribution in [0, 0.1) is 0 Å². The first-order valence-electron chi connectivity index (χ1n) is 5.85. The molecule has 5 nitrogen and oxygen atoms in total. The van der Waals surface area contributed by atoms with Crippen molar-refractivity contribution in [2.75, 3.05) is 27.3 Å². The zero-order valence-corrected chi connectivity index (χ0v) is 10.5. The molecule has 2 rings (SSSR count). The average molecular weight is 251 g/mol. The molecule has 0 aromatic heterocycles. The lowest BCUT2D eigenvalue weighted by Crippen LogP contribution is -2.23. The van der Waals surface area contributed by atoms with Crippen molar-refractivity contribution in [2.45, 2.75) is 12.5 Å². The van der Waals surface area contributed by atoms with E-state index in [9.17, 15) is 4.79 Å². The Hall–Kier alpha value is -1.75. The monoisotopic (exact) mass is 251 g/mol. The van der Waals surface area contributed by atoms with E-state index >= 15 is 0 Å². The summed E-state index contributed by atoms with van der Waals surface area (Å²) in [6, 6.07) is 5.42. The highest BCUT2D eigenvalue weighted by atomic mass is 16.6. The molecule has 0 fully saturated rings. The number of carbonyl (C=O) groups is 1. The topological polar surface area (TPSA) is 59.0 Å². The molecule has 0 bridgehead atoms. The molecule has 1 aliphatic heterocycles. The lowest BCUT2D eigenvalue weighted by molar-refractivity contribution is -0.138. The SMILES string of the molecule is CN(C)C(CC(=O)O)c1ccc2c(c1)OCCO2. The molecule has 1 aromatic rings. The standard InChI is InChI=1S/C13H17NO4/c1-14(2)10(8-13(15)16)9-3-4-11-12(7-9)18-6-5-17-11/h3-4,7,10H,5-6,8H2,1-2H3,(H,15,16). The first-order valence-corrected chi connectivity index (χ1v) is 5.85. The Morgan fingerprint density at radius 2 is 2.00 bits per heavy atom. The van der Waals surface area contributed by atoms with Crippen LogP contribution in [0.25, 0.3) is 0 Å². The third kappa shape index (κ3) is 2.73. The maximum absolute atomic E-state index is 10.9. The summed E-state index contributed by atoms with van der Waals surface area (Å²) in [4.78, 5) is 12.8. The second kappa shape index (κ2) is 5.27. The molecule has 18 heavy (non-hydrogen) atoms. The van der Waals surface area contributed by atoms with Gasteiger partial charge in [0, 0.05) is 6.04 Å². The molecule has 0 radical (unpaired) electrons. The number of hydrogen-bond acceptors (Lipinski definition) is 4. The molecule has 0 spiro atoms. The maximum atomic E-state index is 10.9. The lowest BCUT2D eigenvalue weighted by Gasteiger charge is -2.25. The fourth-order valence-electron chi connectivity index (χ4n) is 2.03. The second-order valence-electron chi connectivity index (χ2n) is 4.48. The fourth-order valence-corrected chi connectivity index (χ4v) is 2.03. The Morgan fingerprint density at radius 3 is 2.61 bits per heavy atom. The van der Waals surface area contributed by atoms with Gasteiger partial charge in [0.15, 0.2) is 11.5 Å². The Kier molecular flexibility index (Phi) is 3.72. The van der Waals surface area contributed by atoms with Crippen LogP contribution in [-0.4, -0.2) is 43.3 Å². The van der Waals surface area contributed by atoms with Crippen LogP contribution in [0.2, 0.25) is 0 Å². The number of fused-ring (bicyclic) bond motifs is 1. The zero-order chi connectivity index (χ0) is 13.1. The molecule has 0 amide bonds. The van der Waals surface area contributed by atoms with Crippen LogP contribution < -0.4 is 9.47 Å². The number of carboxylic acids is 1. The minimum absolute atomic E-state index is 0.0621. The molecule has 0 aliphatic carbocycles. The van der Waals surface area contributed by atoms with Crippen molar-refractivity contribution in [2.24, 2.45) is 0 Å². The predicted octanol–water partition coefficient (Wildman–Crippen LogP) is 1.54. The number of rotatable bonds is 4. The molecule has 0 saturated carbocycles. The highest BCUT2D eigenvalue weighted by Crippen LogP contribution is 2.34. The Morgan fingerprint density at radius 1 is 1.33 bits per heavy atom. The molecule has 1 unspecified atom stereocenters. The van der Waals surface area contributed by atoms with Gasteiger partial charge in [-0.1, -0.05) is 6.07 Å². The molecule has 1 heterocycles. The molecule has 1 aromatic carbocycles. The molecule has 5 heteroatoms. The molecule has 1 N–H and O–H groups in total. The van der Waals surface area contributed by atoms with E-state index in [0.29, 0.717) is 19.0 Å². The minimum Gasteiger partial charge on any atom is -0.486 e. The predicted molar refractivity (Wildman–Crippen MR) is 66.1 cm³/mol. The van der Waals surface area contributed by atoms with E-state index in [1.165, 1.54) is 0 Å². The molecule has 1 aliphatic rings. The van der Waals surface area contributed by atoms with Crippen molar-refractivity contribution in [1.82, 2.24) is 4.90 Å². The van der Waals surface area contributed by atoms with Gasteiger partial charge < -0.3 is 19.5 Å². The van der Waals surface area contributed by atoms with Crippen LogP contribution in [-0.2, 0) is 4.79 Å². The van der Waals surface area contributed by atoms with Crippen LogP contribution in [0.1, 0.15) is 18.0 Å². The van der Waals surface area contributed by atoms with Gasteiger partial charge >= 0.3 is 5.97 Å². The second-order valence-corrected chi connectivity index (χ2v) is 4.48. The Bertz CT molecular complexity index is 445. The van der Waals surface area contributed by atoms with Crippen LogP contribution in [0.4, 0.5) is 0 Å². The fraction of sp³-hybridized carbons (Fsp3) is 0.462. The molecule has 0 saturated heterocycles. The van der Waals surface area contributed by atoms with E-state index in [-0.39, 0.29) is 12.5 Å². The average Bonchev–Trinajstić information content (AvgIpc) is 2.35. The van der Waals surface area contributed by atoms with Crippen molar-refractivity contribution >= 4 is 5.97 Å². The summed E-state index contributed by atoms with van der Waals surface area (Å²) in [5.41, 5.74) is 0.923. The van der Waals surface area contributed by atoms with Gasteiger partial charge in [0.25, 0.3) is 0 Å². The van der Waals surface area contributed by atoms with Gasteiger partial charge in [0.1, 0.15) is 13.2 Å².